The van der Waals surface area contributed by atoms with E-state index in [1.807, 2.05) is 36.4 Å². The normalized spacial score (nSPS) is 10.8. The molecule has 0 aliphatic rings. The molecule has 3 aromatic carbocycles. The number of Topliss-reactive ketones (excluding diaryl/α,β-unsaturated/α-hetero) is 1. The van der Waals surface area contributed by atoms with Crippen LogP contribution < -0.4 is 14.2 Å². The SMILES string of the molecule is COc1ccc(C(C)=O)cc1CO/N=C\c1ccc(OCc2ccc(Cl)cc2)c(OC)c1. The Balaban J connectivity index is 1.62. The molecule has 0 fully saturated rings. The molecule has 0 atom stereocenters. The van der Waals surface area contributed by atoms with Crippen molar-refractivity contribution in [3.63, 3.8) is 0 Å². The topological polar surface area (TPSA) is 66.4 Å². The minimum Gasteiger partial charge on any atom is -0.496 e. The number of oxime groups is 1. The Morgan fingerprint density at radius 3 is 2.31 bits per heavy atom. The molecule has 0 unspecified atom stereocenters. The number of hydrogen-bond donors (Lipinski definition) is 0. The Morgan fingerprint density at radius 1 is 0.906 bits per heavy atom. The number of hydrogen-bond acceptors (Lipinski definition) is 6. The van der Waals surface area contributed by atoms with Crippen molar-refractivity contribution in [3.05, 3.63) is 87.9 Å². The van der Waals surface area contributed by atoms with E-state index in [-0.39, 0.29) is 12.4 Å². The molecule has 0 radical (unpaired) electrons. The van der Waals surface area contributed by atoms with Gasteiger partial charge in [-0.25, -0.2) is 0 Å². The van der Waals surface area contributed by atoms with Gasteiger partial charge in [0, 0.05) is 21.7 Å². The number of ether oxygens (including phenoxy) is 3. The van der Waals surface area contributed by atoms with Gasteiger partial charge in [-0.3, -0.25) is 4.79 Å². The number of ketones is 1. The van der Waals surface area contributed by atoms with Gasteiger partial charge in [0.2, 0.25) is 0 Å². The summed E-state index contributed by atoms with van der Waals surface area (Å²) in [7, 11) is 3.15. The van der Waals surface area contributed by atoms with E-state index in [2.05, 4.69) is 5.16 Å². The molecule has 0 aliphatic carbocycles. The number of rotatable bonds is 10. The highest BCUT2D eigenvalue weighted by Crippen LogP contribution is 2.28. The third-order valence-electron chi connectivity index (χ3n) is 4.68. The predicted molar refractivity (Wildman–Crippen MR) is 124 cm³/mol. The molecular formula is C25H24ClNO5. The molecule has 0 N–H and O–H groups in total. The molecule has 32 heavy (non-hydrogen) atoms. The van der Waals surface area contributed by atoms with Crippen LogP contribution in [0.2, 0.25) is 5.02 Å². The van der Waals surface area contributed by atoms with E-state index in [1.54, 1.807) is 44.7 Å². The molecule has 0 aliphatic heterocycles. The van der Waals surface area contributed by atoms with Crippen molar-refractivity contribution in [1.82, 2.24) is 0 Å². The third kappa shape index (κ3) is 6.25. The summed E-state index contributed by atoms with van der Waals surface area (Å²) in [5.41, 5.74) is 3.11. The molecule has 0 aromatic heterocycles. The summed E-state index contributed by atoms with van der Waals surface area (Å²) < 4.78 is 16.6. The quantitative estimate of drug-likeness (QED) is 0.224. The molecule has 166 valence electrons. The fraction of sp³-hybridized carbons (Fsp3) is 0.200. The first kappa shape index (κ1) is 23.2. The maximum atomic E-state index is 11.6. The van der Waals surface area contributed by atoms with Crippen LogP contribution in [0, 0.1) is 0 Å². The zero-order valence-electron chi connectivity index (χ0n) is 18.1. The van der Waals surface area contributed by atoms with Crippen LogP contribution in [0.4, 0.5) is 0 Å². The number of carbonyl (C=O) groups excluding carboxylic acids is 1. The molecule has 0 spiro atoms. The molecule has 0 bridgehead atoms. The van der Waals surface area contributed by atoms with Gasteiger partial charge in [-0.05, 0) is 61.0 Å². The second kappa shape index (κ2) is 11.2. The van der Waals surface area contributed by atoms with Crippen molar-refractivity contribution in [1.29, 1.82) is 0 Å². The highest BCUT2D eigenvalue weighted by molar-refractivity contribution is 6.30. The molecule has 0 heterocycles. The fourth-order valence-corrected chi connectivity index (χ4v) is 3.07. The van der Waals surface area contributed by atoms with Crippen molar-refractivity contribution in [2.75, 3.05) is 14.2 Å². The largest absolute Gasteiger partial charge is 0.496 e. The Morgan fingerprint density at radius 2 is 1.62 bits per heavy atom. The number of nitrogens with zero attached hydrogens (tertiary/aromatic N) is 1. The molecule has 3 aromatic rings. The molecule has 0 saturated carbocycles. The monoisotopic (exact) mass is 453 g/mol. The molecule has 3 rings (SSSR count). The van der Waals surface area contributed by atoms with Gasteiger partial charge in [-0.1, -0.05) is 28.9 Å². The maximum Gasteiger partial charge on any atom is 0.161 e. The lowest BCUT2D eigenvalue weighted by Crippen LogP contribution is -1.99. The van der Waals surface area contributed by atoms with Crippen LogP contribution in [0.3, 0.4) is 0 Å². The second-order valence-electron chi connectivity index (χ2n) is 6.92. The van der Waals surface area contributed by atoms with Crippen LogP contribution in [-0.2, 0) is 18.1 Å². The van der Waals surface area contributed by atoms with Crippen LogP contribution in [0.25, 0.3) is 0 Å². The van der Waals surface area contributed by atoms with Crippen LogP contribution in [0.5, 0.6) is 17.2 Å². The zero-order chi connectivity index (χ0) is 22.9. The summed E-state index contributed by atoms with van der Waals surface area (Å²) in [5, 5.41) is 4.70. The maximum absolute atomic E-state index is 11.6. The van der Waals surface area contributed by atoms with E-state index in [0.717, 1.165) is 16.7 Å². The standard InChI is InChI=1S/C25H24ClNO5/c1-17(28)20-7-11-23(29-2)21(13-20)16-32-27-14-19-6-10-24(25(12-19)30-3)31-15-18-4-8-22(26)9-5-18/h4-14H,15-16H2,1-3H3/b27-14-. The minimum atomic E-state index is -0.0251. The van der Waals surface area contributed by atoms with Crippen LogP contribution >= 0.6 is 11.6 Å². The lowest BCUT2D eigenvalue weighted by molar-refractivity contribution is 0.101. The Labute approximate surface area is 192 Å². The first-order chi connectivity index (χ1) is 15.5. The summed E-state index contributed by atoms with van der Waals surface area (Å²) in [6.45, 7) is 2.08. The van der Waals surface area contributed by atoms with Gasteiger partial charge < -0.3 is 19.0 Å². The van der Waals surface area contributed by atoms with Gasteiger partial charge in [0.05, 0.1) is 20.4 Å². The Bertz CT molecular complexity index is 1100. The molecule has 6 nitrogen and oxygen atoms in total. The number of benzene rings is 3. The Kier molecular flexibility index (Phi) is 8.11. The lowest BCUT2D eigenvalue weighted by Gasteiger charge is -2.11. The molecular weight excluding hydrogens is 430 g/mol. The first-order valence-electron chi connectivity index (χ1n) is 9.88. The van der Waals surface area contributed by atoms with E-state index in [9.17, 15) is 4.79 Å². The summed E-state index contributed by atoms with van der Waals surface area (Å²) >= 11 is 5.91. The van der Waals surface area contributed by atoms with Crippen molar-refractivity contribution in [2.24, 2.45) is 5.16 Å². The van der Waals surface area contributed by atoms with Crippen LogP contribution in [-0.4, -0.2) is 26.2 Å². The molecule has 0 saturated heterocycles. The van der Waals surface area contributed by atoms with E-state index >= 15 is 0 Å². The minimum absolute atomic E-state index is 0.0251. The van der Waals surface area contributed by atoms with E-state index in [1.165, 1.54) is 6.92 Å². The predicted octanol–water partition coefficient (Wildman–Crippen LogP) is 5.69. The van der Waals surface area contributed by atoms with Gasteiger partial charge >= 0.3 is 0 Å². The van der Waals surface area contributed by atoms with Gasteiger partial charge in [0.25, 0.3) is 0 Å². The van der Waals surface area contributed by atoms with Crippen molar-refractivity contribution in [2.45, 2.75) is 20.1 Å². The molecule has 7 heteroatoms. The average Bonchev–Trinajstić information content (AvgIpc) is 2.81. The highest BCUT2D eigenvalue weighted by Gasteiger charge is 2.08. The van der Waals surface area contributed by atoms with Crippen molar-refractivity contribution < 1.29 is 23.8 Å². The van der Waals surface area contributed by atoms with Gasteiger partial charge in [0.1, 0.15) is 19.0 Å². The smallest absolute Gasteiger partial charge is 0.161 e. The summed E-state index contributed by atoms with van der Waals surface area (Å²) in [6.07, 6.45) is 1.58. The number of halogens is 1. The number of methoxy groups -OCH3 is 2. The molecule has 0 amide bonds. The summed E-state index contributed by atoms with van der Waals surface area (Å²) in [5.74, 6) is 1.81. The van der Waals surface area contributed by atoms with E-state index in [0.29, 0.717) is 34.4 Å². The van der Waals surface area contributed by atoms with Crippen molar-refractivity contribution in [3.8, 4) is 17.2 Å². The highest BCUT2D eigenvalue weighted by atomic mass is 35.5. The van der Waals surface area contributed by atoms with Gasteiger partial charge in [-0.2, -0.15) is 0 Å². The van der Waals surface area contributed by atoms with E-state index in [4.69, 9.17) is 30.6 Å². The van der Waals surface area contributed by atoms with Gasteiger partial charge in [-0.15, -0.1) is 0 Å². The summed E-state index contributed by atoms with van der Waals surface area (Å²) in [4.78, 5) is 17.0. The average molecular weight is 454 g/mol. The fourth-order valence-electron chi connectivity index (χ4n) is 2.94. The summed E-state index contributed by atoms with van der Waals surface area (Å²) in [6, 6.07) is 18.1. The van der Waals surface area contributed by atoms with Crippen LogP contribution in [0.1, 0.15) is 34.0 Å². The van der Waals surface area contributed by atoms with Gasteiger partial charge in [0.15, 0.2) is 17.3 Å². The Hall–Kier alpha value is -3.51. The number of carbonyl (C=O) groups is 1. The third-order valence-corrected chi connectivity index (χ3v) is 4.93. The van der Waals surface area contributed by atoms with Crippen molar-refractivity contribution >= 4 is 23.6 Å². The zero-order valence-corrected chi connectivity index (χ0v) is 18.9. The first-order valence-corrected chi connectivity index (χ1v) is 10.3. The van der Waals surface area contributed by atoms with Crippen LogP contribution in [0.15, 0.2) is 65.8 Å². The van der Waals surface area contributed by atoms with E-state index < -0.39 is 0 Å². The second-order valence-corrected chi connectivity index (χ2v) is 7.35. The lowest BCUT2D eigenvalue weighted by atomic mass is 10.1.